The molecule has 0 radical (unpaired) electrons. The zero-order chi connectivity index (χ0) is 16.4. The van der Waals surface area contributed by atoms with Gasteiger partial charge in [0.05, 0.1) is 29.9 Å². The number of carbonyl (C=O) groups excluding carboxylic acids is 1. The molecule has 1 amide bonds. The molecular weight excluding hydrogens is 292 g/mol. The second kappa shape index (κ2) is 6.58. The van der Waals surface area contributed by atoms with Gasteiger partial charge in [-0.1, -0.05) is 0 Å². The second-order valence-corrected chi connectivity index (χ2v) is 6.45. The molecule has 1 saturated heterocycles. The molecule has 0 unspecified atom stereocenters. The van der Waals surface area contributed by atoms with Gasteiger partial charge in [0.1, 0.15) is 6.26 Å². The molecule has 1 fully saturated rings. The first-order valence-corrected chi connectivity index (χ1v) is 8.02. The monoisotopic (exact) mass is 316 g/mol. The van der Waals surface area contributed by atoms with Crippen LogP contribution in [-0.2, 0) is 7.05 Å². The highest BCUT2D eigenvalue weighted by atomic mass is 16.3. The van der Waals surface area contributed by atoms with Gasteiger partial charge < -0.3 is 13.9 Å². The van der Waals surface area contributed by atoms with Crippen LogP contribution in [0.25, 0.3) is 0 Å². The van der Waals surface area contributed by atoms with Gasteiger partial charge in [0.25, 0.3) is 5.91 Å². The van der Waals surface area contributed by atoms with Gasteiger partial charge in [-0.05, 0) is 38.4 Å². The first kappa shape index (κ1) is 15.8. The summed E-state index contributed by atoms with van der Waals surface area (Å²) in [7, 11) is 6.05. The van der Waals surface area contributed by atoms with Crippen LogP contribution in [0.5, 0.6) is 0 Å². The number of furan rings is 1. The standard InChI is InChI=1S/C17H24N4O2/c1-19-7-4-5-13(16(19)15-9-18-12-21(15)3)10-20(2)17(22)14-6-8-23-11-14/h6,8-9,11-13,16H,4-5,7,10H2,1-3H3/t13-,16+/m0/s1. The van der Waals surface area contributed by atoms with Gasteiger partial charge in [0.15, 0.2) is 0 Å². The van der Waals surface area contributed by atoms with E-state index < -0.39 is 0 Å². The van der Waals surface area contributed by atoms with Crippen molar-refractivity contribution in [2.24, 2.45) is 13.0 Å². The van der Waals surface area contributed by atoms with Crippen LogP contribution in [0.15, 0.2) is 35.5 Å². The van der Waals surface area contributed by atoms with Gasteiger partial charge in [-0.3, -0.25) is 9.69 Å². The lowest BCUT2D eigenvalue weighted by Gasteiger charge is -2.40. The summed E-state index contributed by atoms with van der Waals surface area (Å²) in [5.41, 5.74) is 1.81. The van der Waals surface area contributed by atoms with Gasteiger partial charge >= 0.3 is 0 Å². The van der Waals surface area contributed by atoms with Crippen LogP contribution < -0.4 is 0 Å². The molecule has 1 aliphatic heterocycles. The number of rotatable bonds is 4. The third-order valence-corrected chi connectivity index (χ3v) is 4.79. The summed E-state index contributed by atoms with van der Waals surface area (Å²) < 4.78 is 7.10. The van der Waals surface area contributed by atoms with E-state index in [1.807, 2.05) is 26.6 Å². The van der Waals surface area contributed by atoms with E-state index in [1.54, 1.807) is 11.0 Å². The van der Waals surface area contributed by atoms with Crippen LogP contribution in [-0.4, -0.2) is 52.4 Å². The van der Waals surface area contributed by atoms with E-state index in [0.29, 0.717) is 11.5 Å². The van der Waals surface area contributed by atoms with Crippen LogP contribution in [0, 0.1) is 5.92 Å². The topological polar surface area (TPSA) is 54.5 Å². The Morgan fingerprint density at radius 3 is 2.96 bits per heavy atom. The van der Waals surface area contributed by atoms with Crippen molar-refractivity contribution < 1.29 is 9.21 Å². The number of piperidine rings is 1. The fourth-order valence-corrected chi connectivity index (χ4v) is 3.61. The maximum Gasteiger partial charge on any atom is 0.256 e. The number of hydrogen-bond donors (Lipinski definition) is 0. The van der Waals surface area contributed by atoms with Crippen molar-refractivity contribution in [2.45, 2.75) is 18.9 Å². The number of aryl methyl sites for hydroxylation is 1. The minimum atomic E-state index is 0.00994. The van der Waals surface area contributed by atoms with E-state index in [0.717, 1.165) is 25.9 Å². The van der Waals surface area contributed by atoms with Gasteiger partial charge in [0.2, 0.25) is 0 Å². The third-order valence-electron chi connectivity index (χ3n) is 4.79. The average molecular weight is 316 g/mol. The van der Waals surface area contributed by atoms with E-state index in [1.165, 1.54) is 18.2 Å². The summed E-state index contributed by atoms with van der Waals surface area (Å²) in [5.74, 6) is 0.403. The van der Waals surface area contributed by atoms with Crippen LogP contribution in [0.3, 0.4) is 0 Å². The zero-order valence-electron chi connectivity index (χ0n) is 14.0. The van der Waals surface area contributed by atoms with Crippen LogP contribution in [0.1, 0.15) is 34.9 Å². The van der Waals surface area contributed by atoms with Crippen molar-refractivity contribution in [3.63, 3.8) is 0 Å². The van der Waals surface area contributed by atoms with Crippen LogP contribution >= 0.6 is 0 Å². The van der Waals surface area contributed by atoms with Crippen molar-refractivity contribution in [3.05, 3.63) is 42.4 Å². The summed E-state index contributed by atoms with van der Waals surface area (Å²) in [6.07, 6.45) is 9.09. The molecule has 1 aliphatic rings. The molecule has 0 aliphatic carbocycles. The van der Waals surface area contributed by atoms with Crippen molar-refractivity contribution >= 4 is 5.91 Å². The number of aromatic nitrogens is 2. The van der Waals surface area contributed by atoms with E-state index in [9.17, 15) is 4.79 Å². The summed E-state index contributed by atoms with van der Waals surface area (Å²) in [4.78, 5) is 20.9. The third kappa shape index (κ3) is 3.17. The van der Waals surface area contributed by atoms with Crippen molar-refractivity contribution in [1.29, 1.82) is 0 Å². The number of nitrogens with zero attached hydrogens (tertiary/aromatic N) is 4. The quantitative estimate of drug-likeness (QED) is 0.867. The lowest BCUT2D eigenvalue weighted by molar-refractivity contribution is 0.0632. The molecule has 3 heterocycles. The molecule has 2 aromatic rings. The second-order valence-electron chi connectivity index (χ2n) is 6.45. The van der Waals surface area contributed by atoms with Crippen LogP contribution in [0.2, 0.25) is 0 Å². The minimum absolute atomic E-state index is 0.00994. The first-order valence-electron chi connectivity index (χ1n) is 8.02. The fraction of sp³-hybridized carbons (Fsp3) is 0.529. The Bertz CT molecular complexity index is 649. The minimum Gasteiger partial charge on any atom is -0.472 e. The molecule has 0 aromatic carbocycles. The Morgan fingerprint density at radius 1 is 1.48 bits per heavy atom. The predicted octanol–water partition coefficient (Wildman–Crippen LogP) is 2.17. The molecule has 23 heavy (non-hydrogen) atoms. The van der Waals surface area contributed by atoms with Gasteiger partial charge in [-0.15, -0.1) is 0 Å². The maximum absolute atomic E-state index is 12.5. The zero-order valence-corrected chi connectivity index (χ0v) is 14.0. The Kier molecular flexibility index (Phi) is 4.52. The molecule has 0 N–H and O–H groups in total. The lowest BCUT2D eigenvalue weighted by Crippen LogP contribution is -2.43. The highest BCUT2D eigenvalue weighted by molar-refractivity contribution is 5.93. The van der Waals surface area contributed by atoms with E-state index >= 15 is 0 Å². The molecule has 2 aromatic heterocycles. The molecule has 6 nitrogen and oxygen atoms in total. The highest BCUT2D eigenvalue weighted by Gasteiger charge is 2.33. The SMILES string of the molecule is CN(C[C@@H]1CCCN(C)[C@H]1c1cncn1C)C(=O)c1ccoc1. The van der Waals surface area contributed by atoms with Crippen molar-refractivity contribution in [1.82, 2.24) is 19.4 Å². The predicted molar refractivity (Wildman–Crippen MR) is 87.0 cm³/mol. The molecule has 0 bridgehead atoms. The Labute approximate surface area is 136 Å². The van der Waals surface area contributed by atoms with Gasteiger partial charge in [0, 0.05) is 26.8 Å². The number of hydrogen-bond acceptors (Lipinski definition) is 4. The maximum atomic E-state index is 12.5. The van der Waals surface area contributed by atoms with E-state index in [-0.39, 0.29) is 11.9 Å². The molecular formula is C17H24N4O2. The van der Waals surface area contributed by atoms with Gasteiger partial charge in [-0.2, -0.15) is 0 Å². The van der Waals surface area contributed by atoms with E-state index in [2.05, 4.69) is 21.5 Å². The highest BCUT2D eigenvalue weighted by Crippen LogP contribution is 2.35. The molecule has 6 heteroatoms. The summed E-state index contributed by atoms with van der Waals surface area (Å²) in [5, 5.41) is 0. The Balaban J connectivity index is 1.76. The molecule has 2 atom stereocenters. The van der Waals surface area contributed by atoms with Crippen molar-refractivity contribution in [2.75, 3.05) is 27.2 Å². The Morgan fingerprint density at radius 2 is 2.30 bits per heavy atom. The first-order chi connectivity index (χ1) is 11.1. The van der Waals surface area contributed by atoms with Gasteiger partial charge in [-0.25, -0.2) is 4.98 Å². The molecule has 0 spiro atoms. The van der Waals surface area contributed by atoms with E-state index in [4.69, 9.17) is 4.42 Å². The summed E-state index contributed by atoms with van der Waals surface area (Å²) >= 11 is 0. The van der Waals surface area contributed by atoms with Crippen molar-refractivity contribution in [3.8, 4) is 0 Å². The summed E-state index contributed by atoms with van der Waals surface area (Å²) in [6.45, 7) is 1.80. The largest absolute Gasteiger partial charge is 0.472 e. The van der Waals surface area contributed by atoms with Crippen LogP contribution in [0.4, 0.5) is 0 Å². The molecule has 0 saturated carbocycles. The summed E-state index contributed by atoms with van der Waals surface area (Å²) in [6, 6.07) is 2.00. The normalized spacial score (nSPS) is 22.2. The number of likely N-dealkylation sites (tertiary alicyclic amines) is 1. The molecule has 3 rings (SSSR count). The number of carbonyl (C=O) groups is 1. The molecule has 124 valence electrons. The average Bonchev–Trinajstić information content (AvgIpc) is 3.18. The number of imidazole rings is 1. The lowest BCUT2D eigenvalue weighted by atomic mass is 9.87. The smallest absolute Gasteiger partial charge is 0.256 e. The Hall–Kier alpha value is -2.08. The number of amides is 1. The fourth-order valence-electron chi connectivity index (χ4n) is 3.61.